The zero-order chi connectivity index (χ0) is 15.4. The van der Waals surface area contributed by atoms with E-state index in [0.717, 1.165) is 15.7 Å². The Hall–Kier alpha value is -1.52. The van der Waals surface area contributed by atoms with Gasteiger partial charge in [-0.05, 0) is 29.8 Å². The lowest BCUT2D eigenvalue weighted by Crippen LogP contribution is -2.22. The molecule has 2 rings (SSSR count). The summed E-state index contributed by atoms with van der Waals surface area (Å²) >= 11 is 9.59. The number of hydrogen-bond donors (Lipinski definition) is 1. The van der Waals surface area contributed by atoms with Crippen LogP contribution in [-0.2, 0) is 6.54 Å². The molecular formula is C16H16BrClN2O. The second kappa shape index (κ2) is 6.96. The van der Waals surface area contributed by atoms with Crippen molar-refractivity contribution in [3.05, 3.63) is 63.1 Å². The number of benzene rings is 2. The standard InChI is InChI=1S/C16H16BrClN2O/c1-20(2)16(21)13-5-3-4-6-15(13)19-10-11-7-8-12(17)9-14(11)18/h3-9,19H,10H2,1-2H3. The molecule has 0 radical (unpaired) electrons. The van der Waals surface area contributed by atoms with Crippen LogP contribution in [0.2, 0.25) is 5.02 Å². The molecule has 1 amide bonds. The maximum absolute atomic E-state index is 12.1. The van der Waals surface area contributed by atoms with E-state index < -0.39 is 0 Å². The van der Waals surface area contributed by atoms with E-state index in [-0.39, 0.29) is 5.91 Å². The van der Waals surface area contributed by atoms with Crippen molar-refractivity contribution < 1.29 is 4.79 Å². The maximum Gasteiger partial charge on any atom is 0.255 e. The Morgan fingerprint density at radius 2 is 1.95 bits per heavy atom. The number of para-hydroxylation sites is 1. The lowest BCUT2D eigenvalue weighted by atomic mass is 10.1. The van der Waals surface area contributed by atoms with E-state index in [0.29, 0.717) is 17.1 Å². The third-order valence-electron chi connectivity index (χ3n) is 3.05. The van der Waals surface area contributed by atoms with E-state index in [1.165, 1.54) is 0 Å². The molecule has 5 heteroatoms. The largest absolute Gasteiger partial charge is 0.380 e. The Kier molecular flexibility index (Phi) is 5.26. The molecule has 0 saturated heterocycles. The van der Waals surface area contributed by atoms with Gasteiger partial charge < -0.3 is 10.2 Å². The van der Waals surface area contributed by atoms with Gasteiger partial charge in [-0.25, -0.2) is 0 Å². The second-order valence-corrected chi connectivity index (χ2v) is 6.16. The highest BCUT2D eigenvalue weighted by Gasteiger charge is 2.12. The van der Waals surface area contributed by atoms with E-state index in [1.807, 2.05) is 42.5 Å². The van der Waals surface area contributed by atoms with Crippen LogP contribution in [0.4, 0.5) is 5.69 Å². The van der Waals surface area contributed by atoms with Crippen molar-refractivity contribution in [1.82, 2.24) is 4.90 Å². The molecule has 0 fully saturated rings. The van der Waals surface area contributed by atoms with E-state index in [4.69, 9.17) is 11.6 Å². The lowest BCUT2D eigenvalue weighted by Gasteiger charge is -2.15. The molecule has 0 unspecified atom stereocenters. The van der Waals surface area contributed by atoms with Crippen molar-refractivity contribution in [2.45, 2.75) is 6.54 Å². The molecular weight excluding hydrogens is 352 g/mol. The minimum Gasteiger partial charge on any atom is -0.380 e. The molecule has 0 aliphatic heterocycles. The van der Waals surface area contributed by atoms with Gasteiger partial charge in [0, 0.05) is 35.8 Å². The van der Waals surface area contributed by atoms with Crippen molar-refractivity contribution in [3.8, 4) is 0 Å². The lowest BCUT2D eigenvalue weighted by molar-refractivity contribution is 0.0828. The summed E-state index contributed by atoms with van der Waals surface area (Å²) in [5, 5.41) is 3.97. The molecule has 0 aliphatic rings. The molecule has 0 aliphatic carbocycles. The van der Waals surface area contributed by atoms with Gasteiger partial charge in [0.1, 0.15) is 0 Å². The number of anilines is 1. The number of amides is 1. The van der Waals surface area contributed by atoms with Gasteiger partial charge in [-0.15, -0.1) is 0 Å². The molecule has 0 bridgehead atoms. The van der Waals surface area contributed by atoms with Crippen molar-refractivity contribution in [2.75, 3.05) is 19.4 Å². The van der Waals surface area contributed by atoms with Crippen LogP contribution in [0, 0.1) is 0 Å². The van der Waals surface area contributed by atoms with Crippen LogP contribution < -0.4 is 5.32 Å². The summed E-state index contributed by atoms with van der Waals surface area (Å²) in [5.74, 6) is -0.0278. The van der Waals surface area contributed by atoms with Crippen LogP contribution in [0.15, 0.2) is 46.9 Å². The van der Waals surface area contributed by atoms with Crippen molar-refractivity contribution in [2.24, 2.45) is 0 Å². The highest BCUT2D eigenvalue weighted by atomic mass is 79.9. The smallest absolute Gasteiger partial charge is 0.255 e. The molecule has 2 aromatic carbocycles. The Balaban J connectivity index is 2.19. The van der Waals surface area contributed by atoms with Gasteiger partial charge >= 0.3 is 0 Å². The van der Waals surface area contributed by atoms with E-state index in [1.54, 1.807) is 19.0 Å². The highest BCUT2D eigenvalue weighted by Crippen LogP contribution is 2.23. The minimum absolute atomic E-state index is 0.0278. The first kappa shape index (κ1) is 15.9. The molecule has 0 aromatic heterocycles. The number of nitrogens with one attached hydrogen (secondary N) is 1. The number of rotatable bonds is 4. The monoisotopic (exact) mass is 366 g/mol. The van der Waals surface area contributed by atoms with Gasteiger partial charge in [0.15, 0.2) is 0 Å². The van der Waals surface area contributed by atoms with Crippen LogP contribution in [0.3, 0.4) is 0 Å². The maximum atomic E-state index is 12.1. The molecule has 3 nitrogen and oxygen atoms in total. The van der Waals surface area contributed by atoms with Gasteiger partial charge in [-0.3, -0.25) is 4.79 Å². The fraction of sp³-hybridized carbons (Fsp3) is 0.188. The summed E-state index contributed by atoms with van der Waals surface area (Å²) in [5.41, 5.74) is 2.43. The van der Waals surface area contributed by atoms with Crippen LogP contribution in [-0.4, -0.2) is 24.9 Å². The summed E-state index contributed by atoms with van der Waals surface area (Å²) in [6.45, 7) is 0.559. The Morgan fingerprint density at radius 3 is 2.62 bits per heavy atom. The minimum atomic E-state index is -0.0278. The number of halogens is 2. The van der Waals surface area contributed by atoms with Crippen LogP contribution in [0.5, 0.6) is 0 Å². The van der Waals surface area contributed by atoms with Gasteiger partial charge in [-0.1, -0.05) is 45.7 Å². The highest BCUT2D eigenvalue weighted by molar-refractivity contribution is 9.10. The first-order valence-corrected chi connectivity index (χ1v) is 7.64. The van der Waals surface area contributed by atoms with Gasteiger partial charge in [0.25, 0.3) is 5.91 Å². The predicted molar refractivity (Wildman–Crippen MR) is 90.9 cm³/mol. The van der Waals surface area contributed by atoms with Crippen LogP contribution >= 0.6 is 27.5 Å². The Labute approximate surface area is 138 Å². The predicted octanol–water partition coefficient (Wildman–Crippen LogP) is 4.42. The summed E-state index contributed by atoms with van der Waals surface area (Å²) in [6, 6.07) is 13.2. The third kappa shape index (κ3) is 3.99. The average molecular weight is 368 g/mol. The fourth-order valence-corrected chi connectivity index (χ4v) is 2.66. The number of nitrogens with zero attached hydrogens (tertiary/aromatic N) is 1. The van der Waals surface area contributed by atoms with Crippen LogP contribution in [0.25, 0.3) is 0 Å². The first-order chi connectivity index (χ1) is 9.99. The number of hydrogen-bond acceptors (Lipinski definition) is 2. The van der Waals surface area contributed by atoms with Crippen LogP contribution in [0.1, 0.15) is 15.9 Å². The number of carbonyl (C=O) groups excluding carboxylic acids is 1. The molecule has 21 heavy (non-hydrogen) atoms. The first-order valence-electron chi connectivity index (χ1n) is 6.47. The van der Waals surface area contributed by atoms with Crippen molar-refractivity contribution in [1.29, 1.82) is 0 Å². The normalized spacial score (nSPS) is 10.3. The fourth-order valence-electron chi connectivity index (χ4n) is 1.92. The Morgan fingerprint density at radius 1 is 1.24 bits per heavy atom. The molecule has 2 aromatic rings. The quantitative estimate of drug-likeness (QED) is 0.868. The molecule has 0 atom stereocenters. The SMILES string of the molecule is CN(C)C(=O)c1ccccc1NCc1ccc(Br)cc1Cl. The molecule has 0 spiro atoms. The number of carbonyl (C=O) groups is 1. The Bertz CT molecular complexity index is 658. The van der Waals surface area contributed by atoms with E-state index in [9.17, 15) is 4.79 Å². The van der Waals surface area contributed by atoms with Gasteiger partial charge in [-0.2, -0.15) is 0 Å². The van der Waals surface area contributed by atoms with E-state index in [2.05, 4.69) is 21.2 Å². The topological polar surface area (TPSA) is 32.3 Å². The van der Waals surface area contributed by atoms with Crippen molar-refractivity contribution >= 4 is 39.1 Å². The second-order valence-electron chi connectivity index (χ2n) is 4.83. The molecule has 110 valence electrons. The average Bonchev–Trinajstić information content (AvgIpc) is 2.46. The summed E-state index contributed by atoms with van der Waals surface area (Å²) in [6.07, 6.45) is 0. The summed E-state index contributed by atoms with van der Waals surface area (Å²) in [4.78, 5) is 13.7. The zero-order valence-electron chi connectivity index (χ0n) is 11.9. The molecule has 0 saturated carbocycles. The zero-order valence-corrected chi connectivity index (χ0v) is 14.2. The molecule has 1 N–H and O–H groups in total. The summed E-state index contributed by atoms with van der Waals surface area (Å²) in [7, 11) is 3.48. The van der Waals surface area contributed by atoms with Gasteiger partial charge in [0.2, 0.25) is 0 Å². The van der Waals surface area contributed by atoms with Gasteiger partial charge in [0.05, 0.1) is 5.56 Å². The van der Waals surface area contributed by atoms with E-state index >= 15 is 0 Å². The van der Waals surface area contributed by atoms with Crippen molar-refractivity contribution in [3.63, 3.8) is 0 Å². The summed E-state index contributed by atoms with van der Waals surface area (Å²) < 4.78 is 0.944. The molecule has 0 heterocycles. The third-order valence-corrected chi connectivity index (χ3v) is 3.89.